The number of carbonyl (C=O) groups is 1. The van der Waals surface area contributed by atoms with Gasteiger partial charge in [-0.05, 0) is 31.1 Å². The molecule has 0 aromatic heterocycles. The van der Waals surface area contributed by atoms with Gasteiger partial charge in [0.1, 0.15) is 5.78 Å². The fourth-order valence-electron chi connectivity index (χ4n) is 2.61. The molecule has 1 aliphatic rings. The van der Waals surface area contributed by atoms with Gasteiger partial charge in [0.25, 0.3) is 0 Å². The second-order valence-electron chi connectivity index (χ2n) is 4.82. The van der Waals surface area contributed by atoms with Crippen LogP contribution in [0, 0.1) is 23.7 Å². The Hall–Kier alpha value is -0.330. The lowest BCUT2D eigenvalue weighted by atomic mass is 9.69. The van der Waals surface area contributed by atoms with Crippen LogP contribution in [0.1, 0.15) is 47.0 Å². The fourth-order valence-corrected chi connectivity index (χ4v) is 2.61. The summed E-state index contributed by atoms with van der Waals surface area (Å²) in [5, 5.41) is 0. The molecule has 1 heteroatoms. The van der Waals surface area contributed by atoms with Gasteiger partial charge >= 0.3 is 0 Å². The molecule has 3 atom stereocenters. The number of rotatable bonds is 2. The van der Waals surface area contributed by atoms with Gasteiger partial charge < -0.3 is 0 Å². The van der Waals surface area contributed by atoms with Gasteiger partial charge in [-0.25, -0.2) is 0 Å². The molecule has 1 fully saturated rings. The van der Waals surface area contributed by atoms with Crippen LogP contribution in [-0.4, -0.2) is 5.78 Å². The van der Waals surface area contributed by atoms with Gasteiger partial charge in [0.05, 0.1) is 0 Å². The molecule has 76 valence electrons. The molecule has 1 nitrogen and oxygen atoms in total. The van der Waals surface area contributed by atoms with Gasteiger partial charge in [0, 0.05) is 11.8 Å². The topological polar surface area (TPSA) is 17.1 Å². The zero-order chi connectivity index (χ0) is 10.0. The van der Waals surface area contributed by atoms with Crippen LogP contribution in [0.25, 0.3) is 0 Å². The van der Waals surface area contributed by atoms with E-state index < -0.39 is 0 Å². The average molecular weight is 182 g/mol. The van der Waals surface area contributed by atoms with E-state index in [2.05, 4.69) is 27.7 Å². The Morgan fingerprint density at radius 2 is 2.00 bits per heavy atom. The minimum Gasteiger partial charge on any atom is -0.299 e. The van der Waals surface area contributed by atoms with Crippen molar-refractivity contribution in [1.29, 1.82) is 0 Å². The molecule has 0 aromatic carbocycles. The van der Waals surface area contributed by atoms with Gasteiger partial charge in [0.2, 0.25) is 0 Å². The second kappa shape index (κ2) is 4.26. The van der Waals surface area contributed by atoms with Gasteiger partial charge in [-0.3, -0.25) is 4.79 Å². The summed E-state index contributed by atoms with van der Waals surface area (Å²) in [6, 6.07) is 0. The molecule has 0 aromatic rings. The van der Waals surface area contributed by atoms with Crippen molar-refractivity contribution >= 4 is 5.78 Å². The van der Waals surface area contributed by atoms with Crippen molar-refractivity contribution < 1.29 is 4.79 Å². The summed E-state index contributed by atoms with van der Waals surface area (Å²) in [7, 11) is 0. The third-order valence-corrected chi connectivity index (χ3v) is 3.60. The lowest BCUT2D eigenvalue weighted by molar-refractivity contribution is -0.132. The van der Waals surface area contributed by atoms with E-state index in [1.54, 1.807) is 0 Å². The van der Waals surface area contributed by atoms with Crippen LogP contribution < -0.4 is 0 Å². The molecule has 0 unspecified atom stereocenters. The summed E-state index contributed by atoms with van der Waals surface area (Å²) in [6.45, 7) is 8.71. The number of hydrogen-bond donors (Lipinski definition) is 0. The van der Waals surface area contributed by atoms with E-state index in [4.69, 9.17) is 0 Å². The maximum atomic E-state index is 12.0. The normalized spacial score (nSPS) is 35.5. The summed E-state index contributed by atoms with van der Waals surface area (Å²) in [6.07, 6.45) is 3.39. The van der Waals surface area contributed by atoms with E-state index in [0.29, 0.717) is 29.5 Å². The van der Waals surface area contributed by atoms with Crippen LogP contribution in [-0.2, 0) is 4.79 Å². The first-order valence-electron chi connectivity index (χ1n) is 5.61. The first kappa shape index (κ1) is 10.7. The van der Waals surface area contributed by atoms with E-state index in [-0.39, 0.29) is 0 Å². The van der Waals surface area contributed by atoms with Crippen molar-refractivity contribution in [3.8, 4) is 0 Å². The molecular formula is C12H22O. The van der Waals surface area contributed by atoms with E-state index in [1.807, 2.05) is 0 Å². The zero-order valence-corrected chi connectivity index (χ0v) is 9.34. The summed E-state index contributed by atoms with van der Waals surface area (Å²) in [5.41, 5.74) is 0. The lowest BCUT2D eigenvalue weighted by Crippen LogP contribution is -2.35. The highest BCUT2D eigenvalue weighted by molar-refractivity contribution is 5.84. The Morgan fingerprint density at radius 3 is 2.46 bits per heavy atom. The van der Waals surface area contributed by atoms with E-state index in [0.717, 1.165) is 12.8 Å². The molecule has 13 heavy (non-hydrogen) atoms. The lowest BCUT2D eigenvalue weighted by Gasteiger charge is -2.34. The molecule has 1 saturated carbocycles. The van der Waals surface area contributed by atoms with E-state index in [1.165, 1.54) is 6.42 Å². The second-order valence-corrected chi connectivity index (χ2v) is 4.82. The predicted molar refractivity (Wildman–Crippen MR) is 55.5 cm³/mol. The summed E-state index contributed by atoms with van der Waals surface area (Å²) >= 11 is 0. The number of ketones is 1. The molecule has 0 amide bonds. The summed E-state index contributed by atoms with van der Waals surface area (Å²) in [5.74, 6) is 2.39. The van der Waals surface area contributed by atoms with Crippen LogP contribution in [0.5, 0.6) is 0 Å². The first-order chi connectivity index (χ1) is 6.07. The van der Waals surface area contributed by atoms with Crippen molar-refractivity contribution in [2.75, 3.05) is 0 Å². The van der Waals surface area contributed by atoms with Crippen molar-refractivity contribution in [1.82, 2.24) is 0 Å². The highest BCUT2D eigenvalue weighted by Crippen LogP contribution is 2.35. The van der Waals surface area contributed by atoms with Crippen molar-refractivity contribution in [2.24, 2.45) is 23.7 Å². The molecular weight excluding hydrogens is 160 g/mol. The Balaban J connectivity index is 2.69. The van der Waals surface area contributed by atoms with Crippen molar-refractivity contribution in [2.45, 2.75) is 47.0 Å². The molecule has 0 radical (unpaired) electrons. The maximum Gasteiger partial charge on any atom is 0.139 e. The number of carbonyl (C=O) groups excluding carboxylic acids is 1. The van der Waals surface area contributed by atoms with Gasteiger partial charge in [-0.1, -0.05) is 27.7 Å². The Labute approximate surface area is 81.9 Å². The molecule has 0 spiro atoms. The van der Waals surface area contributed by atoms with Crippen molar-refractivity contribution in [3.05, 3.63) is 0 Å². The van der Waals surface area contributed by atoms with Crippen LogP contribution in [0.4, 0.5) is 0 Å². The standard InChI is InChI=1S/C12H22O/c1-5-10-9(4)6-7-11(8(2)3)12(10)13/h8-11H,5-7H2,1-4H3/t9-,10-,11-/m1/s1. The summed E-state index contributed by atoms with van der Waals surface area (Å²) < 4.78 is 0. The highest BCUT2D eigenvalue weighted by atomic mass is 16.1. The SMILES string of the molecule is CC[C@H]1C(=O)[C@@H](C(C)C)CC[C@H]1C. The minimum absolute atomic E-state index is 0.348. The number of Topliss-reactive ketones (excluding diaryl/α,β-unsaturated/α-hetero) is 1. The average Bonchev–Trinajstić information content (AvgIpc) is 2.04. The predicted octanol–water partition coefficient (Wildman–Crippen LogP) is 3.28. The third kappa shape index (κ3) is 2.12. The van der Waals surface area contributed by atoms with Gasteiger partial charge in [0.15, 0.2) is 0 Å². The Bertz CT molecular complexity index is 180. The Kier molecular flexibility index (Phi) is 3.52. The molecule has 0 bridgehead atoms. The van der Waals surface area contributed by atoms with E-state index in [9.17, 15) is 4.79 Å². The van der Waals surface area contributed by atoms with Crippen LogP contribution in [0.2, 0.25) is 0 Å². The van der Waals surface area contributed by atoms with Crippen LogP contribution in [0.15, 0.2) is 0 Å². The van der Waals surface area contributed by atoms with E-state index >= 15 is 0 Å². The monoisotopic (exact) mass is 182 g/mol. The first-order valence-corrected chi connectivity index (χ1v) is 5.61. The third-order valence-electron chi connectivity index (χ3n) is 3.60. The van der Waals surface area contributed by atoms with Crippen LogP contribution in [0.3, 0.4) is 0 Å². The number of hydrogen-bond acceptors (Lipinski definition) is 1. The highest BCUT2D eigenvalue weighted by Gasteiger charge is 2.35. The molecule has 0 N–H and O–H groups in total. The fraction of sp³-hybridized carbons (Fsp3) is 0.917. The zero-order valence-electron chi connectivity index (χ0n) is 9.34. The van der Waals surface area contributed by atoms with Gasteiger partial charge in [-0.2, -0.15) is 0 Å². The largest absolute Gasteiger partial charge is 0.299 e. The quantitative estimate of drug-likeness (QED) is 0.640. The Morgan fingerprint density at radius 1 is 1.38 bits per heavy atom. The smallest absolute Gasteiger partial charge is 0.139 e. The molecule has 0 aliphatic heterocycles. The van der Waals surface area contributed by atoms with Gasteiger partial charge in [-0.15, -0.1) is 0 Å². The maximum absolute atomic E-state index is 12.0. The summed E-state index contributed by atoms with van der Waals surface area (Å²) in [4.78, 5) is 12.0. The van der Waals surface area contributed by atoms with Crippen LogP contribution >= 0.6 is 0 Å². The molecule has 1 rings (SSSR count). The van der Waals surface area contributed by atoms with Crippen molar-refractivity contribution in [3.63, 3.8) is 0 Å². The molecule has 0 heterocycles. The molecule has 0 saturated heterocycles. The molecule has 1 aliphatic carbocycles. The minimum atomic E-state index is 0.348.